The van der Waals surface area contributed by atoms with Gasteiger partial charge in [0.15, 0.2) is 5.11 Å². The van der Waals surface area contributed by atoms with Crippen LogP contribution in [0.25, 0.3) is 6.08 Å². The molecule has 0 saturated heterocycles. The Balaban J connectivity index is 2.68. The van der Waals surface area contributed by atoms with Crippen LogP contribution in [0.5, 0.6) is 0 Å². The van der Waals surface area contributed by atoms with Gasteiger partial charge in [0, 0.05) is 19.8 Å². The molecule has 0 bridgehead atoms. The molecule has 0 amide bonds. The van der Waals surface area contributed by atoms with Crippen molar-refractivity contribution in [2.45, 2.75) is 0 Å². The minimum absolute atomic E-state index is 0.284. The van der Waals surface area contributed by atoms with Crippen molar-refractivity contribution in [2.75, 3.05) is 19.4 Å². The van der Waals surface area contributed by atoms with E-state index in [4.69, 9.17) is 18.0 Å². The molecule has 4 heteroatoms. The van der Waals surface area contributed by atoms with E-state index in [1.165, 1.54) is 0 Å². The second-order valence-corrected chi connectivity index (χ2v) is 3.83. The molecule has 3 nitrogen and oxygen atoms in total. The highest BCUT2D eigenvalue weighted by molar-refractivity contribution is 7.80. The summed E-state index contributed by atoms with van der Waals surface area (Å²) < 4.78 is 0. The molecule has 0 spiro atoms. The first-order valence-corrected chi connectivity index (χ1v) is 5.00. The number of rotatable bonds is 3. The van der Waals surface area contributed by atoms with E-state index in [-0.39, 0.29) is 5.11 Å². The summed E-state index contributed by atoms with van der Waals surface area (Å²) in [7, 11) is 3.97. The zero-order valence-corrected chi connectivity index (χ0v) is 9.71. The molecular weight excluding hydrogens is 206 g/mol. The third-order valence-corrected chi connectivity index (χ3v) is 1.85. The van der Waals surface area contributed by atoms with Crippen molar-refractivity contribution >= 4 is 29.1 Å². The van der Waals surface area contributed by atoms with E-state index in [1.54, 1.807) is 0 Å². The van der Waals surface area contributed by atoms with Crippen molar-refractivity contribution in [1.82, 2.24) is 4.90 Å². The van der Waals surface area contributed by atoms with Gasteiger partial charge in [0.05, 0.1) is 0 Å². The van der Waals surface area contributed by atoms with Crippen molar-refractivity contribution in [3.8, 4) is 0 Å². The van der Waals surface area contributed by atoms with Crippen LogP contribution in [0.3, 0.4) is 0 Å². The number of nitrogens with zero attached hydrogens (tertiary/aromatic N) is 1. The summed E-state index contributed by atoms with van der Waals surface area (Å²) in [6, 6.07) is 7.88. The van der Waals surface area contributed by atoms with Crippen molar-refractivity contribution in [3.05, 3.63) is 36.0 Å². The van der Waals surface area contributed by atoms with Crippen LogP contribution in [0.2, 0.25) is 0 Å². The molecule has 0 radical (unpaired) electrons. The topological polar surface area (TPSA) is 41.3 Å². The Morgan fingerprint density at radius 2 is 1.93 bits per heavy atom. The molecule has 0 aliphatic carbocycles. The normalized spacial score (nSPS) is 10.3. The van der Waals surface area contributed by atoms with Gasteiger partial charge in [-0.05, 0) is 42.2 Å². The highest BCUT2D eigenvalue weighted by Gasteiger charge is 1.92. The molecule has 0 aromatic heterocycles. The van der Waals surface area contributed by atoms with Gasteiger partial charge in [0.1, 0.15) is 0 Å². The fourth-order valence-corrected chi connectivity index (χ4v) is 1.17. The molecule has 0 fully saturated rings. The molecule has 0 saturated carbocycles. The number of hydrogen-bond donors (Lipinski definition) is 2. The van der Waals surface area contributed by atoms with E-state index in [0.717, 1.165) is 11.3 Å². The van der Waals surface area contributed by atoms with Crippen molar-refractivity contribution in [2.24, 2.45) is 5.73 Å². The van der Waals surface area contributed by atoms with E-state index >= 15 is 0 Å². The van der Waals surface area contributed by atoms with Gasteiger partial charge < -0.3 is 16.0 Å². The third-order valence-electron chi connectivity index (χ3n) is 1.74. The van der Waals surface area contributed by atoms with Crippen LogP contribution in [0.15, 0.2) is 30.5 Å². The minimum Gasteiger partial charge on any atom is -0.383 e. The van der Waals surface area contributed by atoms with Crippen LogP contribution in [-0.4, -0.2) is 24.1 Å². The monoisotopic (exact) mass is 221 g/mol. The average Bonchev–Trinajstić information content (AvgIpc) is 2.16. The fourth-order valence-electron chi connectivity index (χ4n) is 1.05. The summed E-state index contributed by atoms with van der Waals surface area (Å²) in [6.45, 7) is 0. The molecule has 3 N–H and O–H groups in total. The molecule has 1 rings (SSSR count). The van der Waals surface area contributed by atoms with E-state index in [1.807, 2.05) is 55.5 Å². The van der Waals surface area contributed by atoms with Crippen LogP contribution < -0.4 is 11.1 Å². The second kappa shape index (κ2) is 5.36. The summed E-state index contributed by atoms with van der Waals surface area (Å²) in [4.78, 5) is 1.99. The number of thiocarbonyl (C=S) groups is 1. The van der Waals surface area contributed by atoms with Crippen molar-refractivity contribution in [1.29, 1.82) is 0 Å². The van der Waals surface area contributed by atoms with Crippen molar-refractivity contribution < 1.29 is 0 Å². The van der Waals surface area contributed by atoms with Crippen LogP contribution in [0.4, 0.5) is 5.69 Å². The molecule has 1 aromatic rings. The van der Waals surface area contributed by atoms with E-state index in [2.05, 4.69) is 5.32 Å². The molecule has 0 atom stereocenters. The number of hydrogen-bond acceptors (Lipinski definition) is 2. The van der Waals surface area contributed by atoms with E-state index in [0.29, 0.717) is 0 Å². The zero-order chi connectivity index (χ0) is 11.3. The minimum atomic E-state index is 0.284. The molecule has 0 aliphatic heterocycles. The maximum absolute atomic E-state index is 5.36. The van der Waals surface area contributed by atoms with Crippen LogP contribution in [0.1, 0.15) is 5.56 Å². The predicted octanol–water partition coefficient (Wildman–Crippen LogP) is 1.87. The van der Waals surface area contributed by atoms with Crippen LogP contribution in [-0.2, 0) is 0 Å². The Hall–Kier alpha value is -1.55. The smallest absolute Gasteiger partial charge is 0.168 e. The van der Waals surface area contributed by atoms with Gasteiger partial charge in [-0.3, -0.25) is 0 Å². The maximum atomic E-state index is 5.36. The van der Waals surface area contributed by atoms with Gasteiger partial charge >= 0.3 is 0 Å². The third kappa shape index (κ3) is 4.46. The number of anilines is 1. The van der Waals surface area contributed by atoms with Gasteiger partial charge in [-0.25, -0.2) is 0 Å². The Labute approximate surface area is 95.6 Å². The molecule has 80 valence electrons. The highest BCUT2D eigenvalue weighted by Crippen LogP contribution is 2.10. The number of nitrogens with two attached hydrogens (primary N) is 1. The lowest BCUT2D eigenvalue weighted by Crippen LogP contribution is -2.18. The summed E-state index contributed by atoms with van der Waals surface area (Å²) >= 11 is 4.74. The number of nitrogens with one attached hydrogen (secondary N) is 1. The first-order valence-electron chi connectivity index (χ1n) is 4.59. The van der Waals surface area contributed by atoms with Gasteiger partial charge in [0.25, 0.3) is 0 Å². The molecule has 15 heavy (non-hydrogen) atoms. The Morgan fingerprint density at radius 1 is 1.33 bits per heavy atom. The van der Waals surface area contributed by atoms with Gasteiger partial charge in [-0.2, -0.15) is 0 Å². The molecule has 0 unspecified atom stereocenters. The predicted molar refractivity (Wildman–Crippen MR) is 69.6 cm³/mol. The molecule has 0 aliphatic rings. The first-order chi connectivity index (χ1) is 7.08. The highest BCUT2D eigenvalue weighted by atomic mass is 32.1. The van der Waals surface area contributed by atoms with Crippen LogP contribution >= 0.6 is 12.2 Å². The molecular formula is C11H15N3S. The van der Waals surface area contributed by atoms with Crippen LogP contribution in [0, 0.1) is 0 Å². The first kappa shape index (κ1) is 11.5. The summed E-state index contributed by atoms with van der Waals surface area (Å²) in [5.41, 5.74) is 7.40. The Bertz CT molecular complexity index is 355. The van der Waals surface area contributed by atoms with Gasteiger partial charge in [-0.1, -0.05) is 12.1 Å². The van der Waals surface area contributed by atoms with E-state index < -0.39 is 0 Å². The average molecular weight is 221 g/mol. The lowest BCUT2D eigenvalue weighted by molar-refractivity contribution is 0.567. The summed E-state index contributed by atoms with van der Waals surface area (Å²) in [5.74, 6) is 0. The second-order valence-electron chi connectivity index (χ2n) is 3.39. The SMILES string of the molecule is CN(C)C=Cc1ccc(NC(N)=S)cc1. The lowest BCUT2D eigenvalue weighted by atomic mass is 10.2. The Morgan fingerprint density at radius 3 is 2.40 bits per heavy atom. The largest absolute Gasteiger partial charge is 0.383 e. The molecule has 0 heterocycles. The van der Waals surface area contributed by atoms with Gasteiger partial charge in [-0.15, -0.1) is 0 Å². The zero-order valence-electron chi connectivity index (χ0n) is 8.90. The lowest BCUT2D eigenvalue weighted by Gasteiger charge is -2.05. The maximum Gasteiger partial charge on any atom is 0.168 e. The standard InChI is InChI=1S/C11H15N3S/c1-14(2)8-7-9-3-5-10(6-4-9)13-11(12)15/h3-8H,1-2H3,(H3,12,13,15). The van der Waals surface area contributed by atoms with Gasteiger partial charge in [0.2, 0.25) is 0 Å². The van der Waals surface area contributed by atoms with Crippen molar-refractivity contribution in [3.63, 3.8) is 0 Å². The number of benzene rings is 1. The Kier molecular flexibility index (Phi) is 4.12. The van der Waals surface area contributed by atoms with E-state index in [9.17, 15) is 0 Å². The fraction of sp³-hybridized carbons (Fsp3) is 0.182. The molecule has 1 aromatic carbocycles. The summed E-state index contributed by atoms with van der Waals surface area (Å²) in [5, 5.41) is 3.16. The quantitative estimate of drug-likeness (QED) is 0.765. The summed E-state index contributed by atoms with van der Waals surface area (Å²) in [6.07, 6.45) is 4.03.